The molecule has 2 aromatic rings. The first-order valence-corrected chi connectivity index (χ1v) is 6.38. The molecule has 0 spiro atoms. The Bertz CT molecular complexity index is 478. The van der Waals surface area contributed by atoms with Gasteiger partial charge in [0.1, 0.15) is 0 Å². The molecule has 0 aliphatic heterocycles. The van der Waals surface area contributed by atoms with E-state index in [1.54, 1.807) is 0 Å². The number of hydrogen-bond acceptors (Lipinski definition) is 3. The summed E-state index contributed by atoms with van der Waals surface area (Å²) in [7, 11) is 0. The molecule has 1 atom stereocenters. The summed E-state index contributed by atoms with van der Waals surface area (Å²) in [5, 5.41) is 13.5. The Balaban J connectivity index is 2.33. The predicted molar refractivity (Wildman–Crippen MR) is 70.1 cm³/mol. The zero-order chi connectivity index (χ0) is 11.5. The molecule has 2 nitrogen and oxygen atoms in total. The Kier molecular flexibility index (Phi) is 3.59. The highest BCUT2D eigenvalue weighted by molar-refractivity contribution is 7.19. The number of benzene rings is 1. The molecule has 86 valence electrons. The van der Waals surface area contributed by atoms with Crippen LogP contribution in [0.4, 0.5) is 0 Å². The largest absolute Gasteiger partial charge is 0.395 e. The highest BCUT2D eigenvalue weighted by atomic mass is 32.1. The summed E-state index contributed by atoms with van der Waals surface area (Å²) in [4.78, 5) is 1.37. The van der Waals surface area contributed by atoms with Gasteiger partial charge in [-0.15, -0.1) is 11.3 Å². The summed E-state index contributed by atoms with van der Waals surface area (Å²) in [5.41, 5.74) is 1.36. The lowest BCUT2D eigenvalue weighted by atomic mass is 10.1. The van der Waals surface area contributed by atoms with Crippen LogP contribution in [-0.4, -0.2) is 18.3 Å². The first kappa shape index (κ1) is 11.6. The highest BCUT2D eigenvalue weighted by Gasteiger charge is 2.13. The molecule has 0 saturated carbocycles. The van der Waals surface area contributed by atoms with Gasteiger partial charge in [-0.2, -0.15) is 0 Å². The SMILES string of the molecule is Cc1c(C(C)NCCO)sc2ccccc12. The molecule has 0 bridgehead atoms. The van der Waals surface area contributed by atoms with Crippen LogP contribution in [0.5, 0.6) is 0 Å². The number of fused-ring (bicyclic) bond motifs is 1. The second-order valence-corrected chi connectivity index (χ2v) is 5.07. The van der Waals surface area contributed by atoms with Gasteiger partial charge in [-0.3, -0.25) is 0 Å². The zero-order valence-corrected chi connectivity index (χ0v) is 10.5. The monoisotopic (exact) mass is 235 g/mol. The summed E-state index contributed by atoms with van der Waals surface area (Å²) in [5.74, 6) is 0. The third kappa shape index (κ3) is 2.12. The van der Waals surface area contributed by atoms with Crippen molar-refractivity contribution in [1.82, 2.24) is 5.32 Å². The normalized spacial score (nSPS) is 13.2. The third-order valence-corrected chi connectivity index (χ3v) is 4.29. The van der Waals surface area contributed by atoms with Crippen molar-refractivity contribution in [3.63, 3.8) is 0 Å². The minimum atomic E-state index is 0.189. The number of nitrogens with one attached hydrogen (secondary N) is 1. The van der Waals surface area contributed by atoms with E-state index >= 15 is 0 Å². The second kappa shape index (κ2) is 4.95. The third-order valence-electron chi connectivity index (χ3n) is 2.84. The van der Waals surface area contributed by atoms with Gasteiger partial charge >= 0.3 is 0 Å². The molecule has 1 heterocycles. The Morgan fingerprint density at radius 2 is 2.12 bits per heavy atom. The van der Waals surface area contributed by atoms with Gasteiger partial charge in [0.15, 0.2) is 0 Å². The number of aliphatic hydroxyl groups is 1. The molecule has 0 fully saturated rings. The van der Waals surface area contributed by atoms with Gasteiger partial charge < -0.3 is 10.4 Å². The minimum Gasteiger partial charge on any atom is -0.395 e. The summed E-state index contributed by atoms with van der Waals surface area (Å²) >= 11 is 1.84. The maximum Gasteiger partial charge on any atom is 0.0556 e. The zero-order valence-electron chi connectivity index (χ0n) is 9.66. The van der Waals surface area contributed by atoms with Crippen LogP contribution in [0.3, 0.4) is 0 Å². The lowest BCUT2D eigenvalue weighted by Crippen LogP contribution is -2.21. The Labute approximate surface area is 99.9 Å². The molecule has 2 rings (SSSR count). The van der Waals surface area contributed by atoms with Gasteiger partial charge in [0.25, 0.3) is 0 Å². The molecule has 0 radical (unpaired) electrons. The van der Waals surface area contributed by atoms with Crippen molar-refractivity contribution in [2.45, 2.75) is 19.9 Å². The van der Waals surface area contributed by atoms with E-state index in [-0.39, 0.29) is 6.61 Å². The second-order valence-electron chi connectivity index (χ2n) is 3.99. The summed E-state index contributed by atoms with van der Waals surface area (Å²) < 4.78 is 1.34. The number of rotatable bonds is 4. The number of hydrogen-bond donors (Lipinski definition) is 2. The summed E-state index contributed by atoms with van der Waals surface area (Å²) in [6.07, 6.45) is 0. The molecule has 1 unspecified atom stereocenters. The number of aryl methyl sites for hydroxylation is 1. The topological polar surface area (TPSA) is 32.3 Å². The van der Waals surface area contributed by atoms with E-state index in [1.165, 1.54) is 20.5 Å². The van der Waals surface area contributed by atoms with Gasteiger partial charge in [0, 0.05) is 22.2 Å². The Morgan fingerprint density at radius 1 is 1.38 bits per heavy atom. The maximum atomic E-state index is 8.81. The molecule has 2 N–H and O–H groups in total. The smallest absolute Gasteiger partial charge is 0.0556 e. The van der Waals surface area contributed by atoms with Crippen molar-refractivity contribution in [2.75, 3.05) is 13.2 Å². The standard InChI is InChI=1S/C13H17NOS/c1-9-11-5-3-4-6-12(11)16-13(9)10(2)14-7-8-15/h3-6,10,14-15H,7-8H2,1-2H3. The molecular formula is C13H17NOS. The molecule has 1 aromatic carbocycles. The molecular weight excluding hydrogens is 218 g/mol. The van der Waals surface area contributed by atoms with Gasteiger partial charge in [0.05, 0.1) is 6.61 Å². The fraction of sp³-hybridized carbons (Fsp3) is 0.385. The molecule has 0 saturated heterocycles. The van der Waals surface area contributed by atoms with Crippen LogP contribution < -0.4 is 5.32 Å². The average molecular weight is 235 g/mol. The van der Waals surface area contributed by atoms with Gasteiger partial charge in [-0.25, -0.2) is 0 Å². The van der Waals surface area contributed by atoms with Crippen LogP contribution in [0.1, 0.15) is 23.4 Å². The first-order valence-electron chi connectivity index (χ1n) is 5.56. The fourth-order valence-corrected chi connectivity index (χ4v) is 3.22. The number of thiophene rings is 1. The summed E-state index contributed by atoms with van der Waals surface area (Å²) in [6.45, 7) is 5.15. The van der Waals surface area contributed by atoms with Crippen molar-refractivity contribution in [1.29, 1.82) is 0 Å². The van der Waals surface area contributed by atoms with Gasteiger partial charge in [-0.1, -0.05) is 18.2 Å². The van der Waals surface area contributed by atoms with Crippen LogP contribution in [0.2, 0.25) is 0 Å². The molecule has 1 aromatic heterocycles. The predicted octanol–water partition coefficient (Wildman–Crippen LogP) is 2.85. The Hall–Kier alpha value is -0.900. The van der Waals surface area contributed by atoms with Crippen molar-refractivity contribution in [2.24, 2.45) is 0 Å². The number of aliphatic hydroxyl groups excluding tert-OH is 1. The van der Waals surface area contributed by atoms with Crippen LogP contribution in [-0.2, 0) is 0 Å². The van der Waals surface area contributed by atoms with E-state index in [0.717, 1.165) is 0 Å². The van der Waals surface area contributed by atoms with Crippen molar-refractivity contribution >= 4 is 21.4 Å². The van der Waals surface area contributed by atoms with Gasteiger partial charge in [0.2, 0.25) is 0 Å². The molecule has 0 amide bonds. The van der Waals surface area contributed by atoms with E-state index < -0.39 is 0 Å². The molecule has 0 aliphatic carbocycles. The van der Waals surface area contributed by atoms with Crippen LogP contribution in [0, 0.1) is 6.92 Å². The molecule has 3 heteroatoms. The van der Waals surface area contributed by atoms with E-state index in [0.29, 0.717) is 12.6 Å². The average Bonchev–Trinajstić information content (AvgIpc) is 2.64. The van der Waals surface area contributed by atoms with Crippen LogP contribution in [0.25, 0.3) is 10.1 Å². The van der Waals surface area contributed by atoms with E-state index in [1.807, 2.05) is 11.3 Å². The van der Waals surface area contributed by atoms with Crippen LogP contribution in [0.15, 0.2) is 24.3 Å². The van der Waals surface area contributed by atoms with Crippen molar-refractivity contribution in [3.8, 4) is 0 Å². The molecule has 0 aliphatic rings. The van der Waals surface area contributed by atoms with Crippen LogP contribution >= 0.6 is 11.3 Å². The quantitative estimate of drug-likeness (QED) is 0.854. The van der Waals surface area contributed by atoms with Gasteiger partial charge in [-0.05, 0) is 30.9 Å². The summed E-state index contributed by atoms with van der Waals surface area (Å²) in [6, 6.07) is 8.80. The lowest BCUT2D eigenvalue weighted by molar-refractivity contribution is 0.286. The first-order chi connectivity index (χ1) is 7.74. The van der Waals surface area contributed by atoms with Crippen molar-refractivity contribution < 1.29 is 5.11 Å². The fourth-order valence-electron chi connectivity index (χ4n) is 1.98. The Morgan fingerprint density at radius 3 is 2.81 bits per heavy atom. The van der Waals surface area contributed by atoms with E-state index in [4.69, 9.17) is 5.11 Å². The van der Waals surface area contributed by atoms with E-state index in [2.05, 4.69) is 43.4 Å². The minimum absolute atomic E-state index is 0.189. The lowest BCUT2D eigenvalue weighted by Gasteiger charge is -2.11. The highest BCUT2D eigenvalue weighted by Crippen LogP contribution is 2.34. The van der Waals surface area contributed by atoms with E-state index in [9.17, 15) is 0 Å². The maximum absolute atomic E-state index is 8.81. The molecule has 16 heavy (non-hydrogen) atoms. The van der Waals surface area contributed by atoms with Crippen molar-refractivity contribution in [3.05, 3.63) is 34.7 Å².